The van der Waals surface area contributed by atoms with E-state index in [2.05, 4.69) is 21.5 Å². The van der Waals surface area contributed by atoms with Crippen LogP contribution in [0.4, 0.5) is 0 Å². The highest BCUT2D eigenvalue weighted by molar-refractivity contribution is 5.94. The molecule has 1 aromatic heterocycles. The Morgan fingerprint density at radius 1 is 1.40 bits per heavy atom. The summed E-state index contributed by atoms with van der Waals surface area (Å²) in [5, 5.41) is 7.38. The van der Waals surface area contributed by atoms with Crippen LogP contribution in [-0.2, 0) is 18.3 Å². The molecule has 2 aromatic rings. The molecule has 1 amide bonds. The van der Waals surface area contributed by atoms with Gasteiger partial charge in [0.1, 0.15) is 0 Å². The number of carbonyl (C=O) groups is 1. The Kier molecular flexibility index (Phi) is 4.31. The summed E-state index contributed by atoms with van der Waals surface area (Å²) in [5.41, 5.74) is 1.96. The third-order valence-corrected chi connectivity index (χ3v) is 5.39. The predicted molar refractivity (Wildman–Crippen MR) is 94.0 cm³/mol. The minimum absolute atomic E-state index is 0.00802. The Hall–Kier alpha value is -2.18. The number of nitrogens with zero attached hydrogens (tertiary/aromatic N) is 3. The van der Waals surface area contributed by atoms with Crippen LogP contribution in [0.3, 0.4) is 0 Å². The lowest BCUT2D eigenvalue weighted by Crippen LogP contribution is -2.43. The first kappa shape index (κ1) is 16.3. The van der Waals surface area contributed by atoms with E-state index in [4.69, 9.17) is 4.74 Å². The van der Waals surface area contributed by atoms with Crippen molar-refractivity contribution in [1.82, 2.24) is 20.0 Å². The summed E-state index contributed by atoms with van der Waals surface area (Å²) in [7, 11) is 1.94. The monoisotopic (exact) mass is 340 g/mol. The highest BCUT2D eigenvalue weighted by Crippen LogP contribution is 2.41. The van der Waals surface area contributed by atoms with Gasteiger partial charge in [0.05, 0.1) is 19.4 Å². The molecule has 0 aliphatic carbocycles. The number of aromatic nitrogens is 2. The van der Waals surface area contributed by atoms with Gasteiger partial charge in [-0.25, -0.2) is 0 Å². The smallest absolute Gasteiger partial charge is 0.251 e. The van der Waals surface area contributed by atoms with Crippen LogP contribution in [0.2, 0.25) is 0 Å². The van der Waals surface area contributed by atoms with Crippen molar-refractivity contribution in [3.05, 3.63) is 53.9 Å². The second-order valence-corrected chi connectivity index (χ2v) is 7.32. The highest BCUT2D eigenvalue weighted by Gasteiger charge is 2.50. The number of ether oxygens (including phenoxy) is 1. The number of carbonyl (C=O) groups excluding carboxylic acids is 1. The van der Waals surface area contributed by atoms with Crippen LogP contribution in [0.1, 0.15) is 15.9 Å². The molecule has 2 aliphatic heterocycles. The molecule has 3 heterocycles. The van der Waals surface area contributed by atoms with Gasteiger partial charge in [-0.3, -0.25) is 14.4 Å². The van der Waals surface area contributed by atoms with Gasteiger partial charge in [0.25, 0.3) is 5.91 Å². The summed E-state index contributed by atoms with van der Waals surface area (Å²) in [6.45, 7) is 5.02. The first-order valence-electron chi connectivity index (χ1n) is 8.75. The number of nitrogens with one attached hydrogen (secondary N) is 1. The molecular formula is C19H24N4O2. The molecule has 1 aromatic carbocycles. The molecule has 2 atom stereocenters. The second-order valence-electron chi connectivity index (χ2n) is 7.32. The van der Waals surface area contributed by atoms with E-state index < -0.39 is 0 Å². The Morgan fingerprint density at radius 2 is 2.24 bits per heavy atom. The molecule has 4 rings (SSSR count). The number of benzene rings is 1. The van der Waals surface area contributed by atoms with E-state index in [0.717, 1.165) is 32.8 Å². The Bertz CT molecular complexity index is 745. The van der Waals surface area contributed by atoms with Crippen molar-refractivity contribution < 1.29 is 9.53 Å². The molecule has 6 nitrogen and oxygen atoms in total. The van der Waals surface area contributed by atoms with E-state index in [0.29, 0.717) is 18.0 Å². The van der Waals surface area contributed by atoms with Gasteiger partial charge in [-0.1, -0.05) is 18.2 Å². The summed E-state index contributed by atoms with van der Waals surface area (Å²) in [6, 6.07) is 9.39. The van der Waals surface area contributed by atoms with Crippen molar-refractivity contribution >= 4 is 5.91 Å². The van der Waals surface area contributed by atoms with Gasteiger partial charge >= 0.3 is 0 Å². The fourth-order valence-electron chi connectivity index (χ4n) is 4.07. The first-order valence-corrected chi connectivity index (χ1v) is 8.75. The lowest BCUT2D eigenvalue weighted by molar-refractivity contribution is 0.0904. The topological polar surface area (TPSA) is 59.4 Å². The van der Waals surface area contributed by atoms with E-state index in [-0.39, 0.29) is 11.3 Å². The van der Waals surface area contributed by atoms with Gasteiger partial charge in [0.15, 0.2) is 0 Å². The third-order valence-electron chi connectivity index (χ3n) is 5.39. The van der Waals surface area contributed by atoms with E-state index >= 15 is 0 Å². The maximum atomic E-state index is 12.4. The van der Waals surface area contributed by atoms with E-state index in [1.54, 1.807) is 0 Å². The van der Waals surface area contributed by atoms with Crippen LogP contribution in [-0.4, -0.2) is 53.4 Å². The van der Waals surface area contributed by atoms with E-state index in [1.807, 2.05) is 48.3 Å². The molecule has 2 aliphatic rings. The molecule has 2 saturated heterocycles. The summed E-state index contributed by atoms with van der Waals surface area (Å²) >= 11 is 0. The second kappa shape index (κ2) is 6.61. The van der Waals surface area contributed by atoms with Crippen LogP contribution >= 0.6 is 0 Å². The van der Waals surface area contributed by atoms with Crippen molar-refractivity contribution in [1.29, 1.82) is 0 Å². The lowest BCUT2D eigenvalue weighted by Gasteiger charge is -2.27. The molecule has 6 heteroatoms. The molecule has 0 radical (unpaired) electrons. The Labute approximate surface area is 147 Å². The zero-order valence-corrected chi connectivity index (χ0v) is 14.5. The zero-order chi connectivity index (χ0) is 17.3. The summed E-state index contributed by atoms with van der Waals surface area (Å²) in [4.78, 5) is 14.8. The van der Waals surface area contributed by atoms with E-state index in [1.165, 1.54) is 5.56 Å². The maximum Gasteiger partial charge on any atom is 0.251 e. The van der Waals surface area contributed by atoms with Crippen LogP contribution in [0.15, 0.2) is 42.7 Å². The number of aryl methyl sites for hydroxylation is 1. The van der Waals surface area contributed by atoms with Gasteiger partial charge < -0.3 is 10.1 Å². The fraction of sp³-hybridized carbons (Fsp3) is 0.474. The Morgan fingerprint density at radius 3 is 3.00 bits per heavy atom. The van der Waals surface area contributed by atoms with Gasteiger partial charge in [-0.15, -0.1) is 0 Å². The highest BCUT2D eigenvalue weighted by atomic mass is 16.5. The quantitative estimate of drug-likeness (QED) is 0.891. The molecule has 25 heavy (non-hydrogen) atoms. The molecule has 0 unspecified atom stereocenters. The average molecular weight is 340 g/mol. The zero-order valence-electron chi connectivity index (χ0n) is 14.5. The average Bonchev–Trinajstić information content (AvgIpc) is 3.28. The van der Waals surface area contributed by atoms with E-state index in [9.17, 15) is 4.79 Å². The summed E-state index contributed by atoms with van der Waals surface area (Å²) in [5.74, 6) is 0.464. The molecule has 1 N–H and O–H groups in total. The van der Waals surface area contributed by atoms with Crippen LogP contribution in [0.25, 0.3) is 0 Å². The van der Waals surface area contributed by atoms with Crippen molar-refractivity contribution in [3.63, 3.8) is 0 Å². The standard InChI is InChI=1S/C19H24N4O2/c1-22-8-15(7-21-22)9-23-10-17-11-25-14-19(17,13-23)12-20-18(24)16-5-3-2-4-6-16/h2-8,17H,9-14H2,1H3,(H,20,24)/t17-,19+/m1/s1. The fourth-order valence-corrected chi connectivity index (χ4v) is 4.07. The SMILES string of the molecule is Cn1cc(CN2C[C@@H]3COC[C@]3(CNC(=O)c3ccccc3)C2)cn1. The summed E-state index contributed by atoms with van der Waals surface area (Å²) < 4.78 is 7.60. The van der Waals surface area contributed by atoms with Crippen LogP contribution in [0, 0.1) is 11.3 Å². The maximum absolute atomic E-state index is 12.4. The minimum atomic E-state index is -0.00802. The number of hydrogen-bond donors (Lipinski definition) is 1. The van der Waals surface area contributed by atoms with Crippen molar-refractivity contribution in [2.24, 2.45) is 18.4 Å². The van der Waals surface area contributed by atoms with Crippen LogP contribution in [0.5, 0.6) is 0 Å². The largest absolute Gasteiger partial charge is 0.380 e. The van der Waals surface area contributed by atoms with Crippen LogP contribution < -0.4 is 5.32 Å². The normalized spacial score (nSPS) is 25.9. The number of likely N-dealkylation sites (tertiary alicyclic amines) is 1. The molecule has 0 bridgehead atoms. The minimum Gasteiger partial charge on any atom is -0.380 e. The van der Waals surface area contributed by atoms with Crippen molar-refractivity contribution in [2.45, 2.75) is 6.54 Å². The molecule has 0 saturated carbocycles. The number of fused-ring (bicyclic) bond motifs is 1. The predicted octanol–water partition coefficient (Wildman–Crippen LogP) is 1.30. The number of amides is 1. The third kappa shape index (κ3) is 3.32. The number of hydrogen-bond acceptors (Lipinski definition) is 4. The first-order chi connectivity index (χ1) is 12.1. The lowest BCUT2D eigenvalue weighted by atomic mass is 9.81. The molecular weight excluding hydrogens is 316 g/mol. The van der Waals surface area contributed by atoms with Gasteiger partial charge in [0.2, 0.25) is 0 Å². The Balaban J connectivity index is 1.40. The molecule has 2 fully saturated rings. The summed E-state index contributed by atoms with van der Waals surface area (Å²) in [6.07, 6.45) is 3.99. The number of rotatable bonds is 5. The van der Waals surface area contributed by atoms with Crippen molar-refractivity contribution in [2.75, 3.05) is 32.8 Å². The molecule has 132 valence electrons. The van der Waals surface area contributed by atoms with Gasteiger partial charge in [-0.05, 0) is 12.1 Å². The van der Waals surface area contributed by atoms with Crippen molar-refractivity contribution in [3.8, 4) is 0 Å². The van der Waals surface area contributed by atoms with Gasteiger partial charge in [-0.2, -0.15) is 5.10 Å². The van der Waals surface area contributed by atoms with Gasteiger partial charge in [0, 0.05) is 61.9 Å². The molecule has 0 spiro atoms.